The fraction of sp³-hybridized carbons (Fsp3) is 0.350. The third-order valence-electron chi connectivity index (χ3n) is 4.57. The fourth-order valence-corrected chi connectivity index (χ4v) is 3.13. The predicted molar refractivity (Wildman–Crippen MR) is 106 cm³/mol. The molecule has 5 nitrogen and oxygen atoms in total. The van der Waals surface area contributed by atoms with Gasteiger partial charge in [0.2, 0.25) is 5.62 Å². The summed E-state index contributed by atoms with van der Waals surface area (Å²) in [5, 5.41) is 19.2. The Labute approximate surface area is 159 Å². The molecule has 1 unspecified atom stereocenters. The first-order chi connectivity index (χ1) is 12.2. The smallest absolute Gasteiger partial charge is 0.203 e. The van der Waals surface area contributed by atoms with Crippen LogP contribution in [0.25, 0.3) is 11.0 Å². The minimum Gasteiger partial charge on any atom is -0.497 e. The third-order valence-corrected chi connectivity index (χ3v) is 4.57. The highest BCUT2D eigenvalue weighted by Crippen LogP contribution is 2.21. The molecule has 1 heterocycles. The number of unbranched alkanes of at least 4 members (excludes halogenated alkanes) is 1. The van der Waals surface area contributed by atoms with E-state index in [9.17, 15) is 5.11 Å². The van der Waals surface area contributed by atoms with Crippen LogP contribution in [0.5, 0.6) is 5.75 Å². The van der Waals surface area contributed by atoms with Crippen molar-refractivity contribution in [1.29, 1.82) is 5.41 Å². The molecule has 6 heteroatoms. The molecule has 140 valence electrons. The van der Waals surface area contributed by atoms with Gasteiger partial charge in [0.25, 0.3) is 0 Å². The predicted octanol–water partition coefficient (Wildman–Crippen LogP) is 3.89. The second-order valence-corrected chi connectivity index (χ2v) is 6.22. The highest BCUT2D eigenvalue weighted by molar-refractivity contribution is 5.85. The average molecular weight is 376 g/mol. The van der Waals surface area contributed by atoms with Crippen LogP contribution >= 0.6 is 12.4 Å². The highest BCUT2D eigenvalue weighted by Gasteiger charge is 2.15. The Balaban J connectivity index is 0.00000243. The zero-order valence-electron chi connectivity index (χ0n) is 15.2. The molecule has 0 amide bonds. The number of methoxy groups -OCH3 is 1. The minimum absolute atomic E-state index is 0. The molecule has 0 aliphatic heterocycles. The Kier molecular flexibility index (Phi) is 6.89. The van der Waals surface area contributed by atoms with Crippen LogP contribution in [0.15, 0.2) is 48.5 Å². The molecule has 0 bridgehead atoms. The van der Waals surface area contributed by atoms with Crippen LogP contribution in [0.4, 0.5) is 0 Å². The van der Waals surface area contributed by atoms with Crippen molar-refractivity contribution in [3.05, 3.63) is 59.7 Å². The van der Waals surface area contributed by atoms with Crippen LogP contribution in [0, 0.1) is 5.41 Å². The van der Waals surface area contributed by atoms with Gasteiger partial charge in [-0.15, -0.1) is 12.4 Å². The number of aromatic nitrogens is 2. The van der Waals surface area contributed by atoms with Crippen LogP contribution in [0.2, 0.25) is 0 Å². The van der Waals surface area contributed by atoms with Gasteiger partial charge in [-0.25, -0.2) is 0 Å². The van der Waals surface area contributed by atoms with E-state index in [2.05, 4.69) is 6.92 Å². The van der Waals surface area contributed by atoms with Crippen LogP contribution in [-0.4, -0.2) is 21.4 Å². The number of aryl methyl sites for hydroxylation is 1. The Morgan fingerprint density at radius 3 is 2.23 bits per heavy atom. The molecular weight excluding hydrogens is 350 g/mol. The number of aliphatic hydroxyl groups is 1. The van der Waals surface area contributed by atoms with E-state index in [4.69, 9.17) is 10.1 Å². The molecule has 0 aliphatic rings. The third kappa shape index (κ3) is 3.94. The average Bonchev–Trinajstić information content (AvgIpc) is 2.91. The van der Waals surface area contributed by atoms with Crippen molar-refractivity contribution in [3.8, 4) is 5.75 Å². The molecule has 1 aromatic heterocycles. The maximum absolute atomic E-state index is 10.7. The molecular formula is C20H26ClN3O2. The van der Waals surface area contributed by atoms with Gasteiger partial charge in [0.05, 0.1) is 30.8 Å². The van der Waals surface area contributed by atoms with Crippen molar-refractivity contribution in [2.45, 2.75) is 39.0 Å². The number of rotatable bonds is 7. The van der Waals surface area contributed by atoms with Gasteiger partial charge in [0.1, 0.15) is 5.75 Å². The number of hydrogen-bond donors (Lipinski definition) is 2. The Bertz CT molecular complexity index is 900. The number of nitrogens with one attached hydrogen (secondary N) is 1. The van der Waals surface area contributed by atoms with Gasteiger partial charge in [0.15, 0.2) is 0 Å². The summed E-state index contributed by atoms with van der Waals surface area (Å²) in [6.07, 6.45) is 1.44. The molecule has 1 atom stereocenters. The summed E-state index contributed by atoms with van der Waals surface area (Å²) < 4.78 is 9.08. The quantitative estimate of drug-likeness (QED) is 0.658. The van der Waals surface area contributed by atoms with Gasteiger partial charge in [-0.2, -0.15) is 0 Å². The molecule has 26 heavy (non-hydrogen) atoms. The standard InChI is InChI=1S/C20H25N3O2.ClH/c1-3-4-13-22-17-7-5-6-8-18(17)23(20(22)21)14-19(24)15-9-11-16(25-2)12-10-15;/h5-12,19,21,24H,3-4,13-14H2,1-2H3;1H. The number of hydrogen-bond acceptors (Lipinski definition) is 3. The second-order valence-electron chi connectivity index (χ2n) is 6.22. The van der Waals surface area contributed by atoms with Gasteiger partial charge in [-0.1, -0.05) is 37.6 Å². The first kappa shape index (κ1) is 20.1. The number of fused-ring (bicyclic) bond motifs is 1. The highest BCUT2D eigenvalue weighted by atomic mass is 35.5. The van der Waals surface area contributed by atoms with Crippen molar-refractivity contribution < 1.29 is 9.84 Å². The number of nitrogens with zero attached hydrogens (tertiary/aromatic N) is 2. The van der Waals surface area contributed by atoms with Crippen molar-refractivity contribution in [1.82, 2.24) is 9.13 Å². The normalized spacial score (nSPS) is 12.0. The van der Waals surface area contributed by atoms with Crippen molar-refractivity contribution in [2.75, 3.05) is 7.11 Å². The summed E-state index contributed by atoms with van der Waals surface area (Å²) in [5.74, 6) is 0.765. The molecule has 0 fully saturated rings. The molecule has 0 saturated carbocycles. The lowest BCUT2D eigenvalue weighted by molar-refractivity contribution is 0.155. The molecule has 0 radical (unpaired) electrons. The maximum atomic E-state index is 10.7. The number of ether oxygens (including phenoxy) is 1. The maximum Gasteiger partial charge on any atom is 0.203 e. The molecule has 0 aliphatic carbocycles. The zero-order valence-corrected chi connectivity index (χ0v) is 16.0. The number of imidazole rings is 1. The molecule has 3 aromatic rings. The van der Waals surface area contributed by atoms with E-state index in [-0.39, 0.29) is 12.4 Å². The molecule has 0 saturated heterocycles. The SMILES string of the molecule is CCCCn1c(=N)n(CC(O)c2ccc(OC)cc2)c2ccccc21.Cl. The lowest BCUT2D eigenvalue weighted by Gasteiger charge is -2.13. The largest absolute Gasteiger partial charge is 0.497 e. The van der Waals surface area contributed by atoms with Gasteiger partial charge in [-0.3, -0.25) is 5.41 Å². The number of benzene rings is 2. The van der Waals surface area contributed by atoms with E-state index in [0.29, 0.717) is 12.2 Å². The van der Waals surface area contributed by atoms with Crippen LogP contribution < -0.4 is 10.4 Å². The van der Waals surface area contributed by atoms with Crippen molar-refractivity contribution in [2.24, 2.45) is 0 Å². The van der Waals surface area contributed by atoms with E-state index in [1.165, 1.54) is 0 Å². The van der Waals surface area contributed by atoms with Crippen LogP contribution in [0.1, 0.15) is 31.4 Å². The summed E-state index contributed by atoms with van der Waals surface area (Å²) in [6, 6.07) is 15.4. The number of aliphatic hydroxyl groups excluding tert-OH is 1. The summed E-state index contributed by atoms with van der Waals surface area (Å²) in [5.41, 5.74) is 3.28. The Morgan fingerprint density at radius 1 is 1.04 bits per heavy atom. The number of para-hydroxylation sites is 2. The number of halogens is 1. The first-order valence-electron chi connectivity index (χ1n) is 8.70. The van der Waals surface area contributed by atoms with Crippen molar-refractivity contribution in [3.63, 3.8) is 0 Å². The van der Waals surface area contributed by atoms with Gasteiger partial charge in [0, 0.05) is 6.54 Å². The summed E-state index contributed by atoms with van der Waals surface area (Å²) in [6.45, 7) is 3.32. The van der Waals surface area contributed by atoms with Gasteiger partial charge in [-0.05, 0) is 36.2 Å². The van der Waals surface area contributed by atoms with Gasteiger partial charge < -0.3 is 19.0 Å². The van der Waals surface area contributed by atoms with E-state index in [0.717, 1.165) is 41.7 Å². The summed E-state index contributed by atoms with van der Waals surface area (Å²) >= 11 is 0. The van der Waals surface area contributed by atoms with Crippen LogP contribution in [-0.2, 0) is 13.1 Å². The summed E-state index contributed by atoms with van der Waals surface area (Å²) in [4.78, 5) is 0. The lowest BCUT2D eigenvalue weighted by atomic mass is 10.1. The van der Waals surface area contributed by atoms with E-state index in [1.54, 1.807) is 7.11 Å². The first-order valence-corrected chi connectivity index (χ1v) is 8.70. The van der Waals surface area contributed by atoms with E-state index in [1.807, 2.05) is 57.7 Å². The topological polar surface area (TPSA) is 63.2 Å². The minimum atomic E-state index is -0.676. The van der Waals surface area contributed by atoms with Crippen LogP contribution in [0.3, 0.4) is 0 Å². The molecule has 2 aromatic carbocycles. The lowest BCUT2D eigenvalue weighted by Crippen LogP contribution is -2.26. The van der Waals surface area contributed by atoms with E-state index >= 15 is 0 Å². The molecule has 3 rings (SSSR count). The Morgan fingerprint density at radius 2 is 1.65 bits per heavy atom. The Hall–Kier alpha value is -2.24. The van der Waals surface area contributed by atoms with Crippen molar-refractivity contribution >= 4 is 23.4 Å². The van der Waals surface area contributed by atoms with E-state index < -0.39 is 6.10 Å². The monoisotopic (exact) mass is 375 g/mol. The molecule has 2 N–H and O–H groups in total. The summed E-state index contributed by atoms with van der Waals surface area (Å²) in [7, 11) is 1.62. The fourth-order valence-electron chi connectivity index (χ4n) is 3.13. The van der Waals surface area contributed by atoms with Gasteiger partial charge >= 0.3 is 0 Å². The molecule has 0 spiro atoms. The second kappa shape index (κ2) is 8.92. The zero-order chi connectivity index (χ0) is 17.8.